The van der Waals surface area contributed by atoms with Crippen molar-refractivity contribution >= 4 is 21.6 Å². The predicted octanol–water partition coefficient (Wildman–Crippen LogP) is 3.94. The molecule has 0 atom stereocenters. The number of hydrogen-bond donors (Lipinski definition) is 0. The van der Waals surface area contributed by atoms with E-state index in [4.69, 9.17) is 4.74 Å². The van der Waals surface area contributed by atoms with Crippen LogP contribution in [0.5, 0.6) is 11.6 Å². The Morgan fingerprint density at radius 3 is 2.57 bits per heavy atom. The quantitative estimate of drug-likeness (QED) is 0.474. The fourth-order valence-electron chi connectivity index (χ4n) is 2.19. The monoisotopic (exact) mass is 353 g/mol. The highest BCUT2D eigenvalue weighted by Crippen LogP contribution is 2.34. The molecule has 0 unspecified atom stereocenters. The van der Waals surface area contributed by atoms with E-state index >= 15 is 0 Å². The Hall–Kier alpha value is -1.89. The molecule has 7 heteroatoms. The summed E-state index contributed by atoms with van der Waals surface area (Å²) in [6.07, 6.45) is 0. The molecule has 1 heterocycles. The van der Waals surface area contributed by atoms with Crippen LogP contribution >= 0.6 is 15.9 Å². The van der Waals surface area contributed by atoms with Crippen molar-refractivity contribution in [3.63, 3.8) is 0 Å². The van der Waals surface area contributed by atoms with E-state index in [9.17, 15) is 10.1 Å². The molecule has 21 heavy (non-hydrogen) atoms. The lowest BCUT2D eigenvalue weighted by Gasteiger charge is -2.11. The zero-order valence-electron chi connectivity index (χ0n) is 12.3. The molecule has 0 amide bonds. The Morgan fingerprint density at radius 1 is 1.33 bits per heavy atom. The van der Waals surface area contributed by atoms with Gasteiger partial charge in [0.2, 0.25) is 5.88 Å². The van der Waals surface area contributed by atoms with Crippen LogP contribution in [0.2, 0.25) is 0 Å². The second-order valence-corrected chi connectivity index (χ2v) is 5.45. The third kappa shape index (κ3) is 2.92. The van der Waals surface area contributed by atoms with Crippen molar-refractivity contribution in [2.75, 3.05) is 0 Å². The molecule has 2 rings (SSSR count). The maximum absolute atomic E-state index is 11.1. The highest BCUT2D eigenvalue weighted by atomic mass is 79.9. The molecule has 1 aromatic heterocycles. The van der Waals surface area contributed by atoms with Gasteiger partial charge in [0.15, 0.2) is 0 Å². The van der Waals surface area contributed by atoms with Crippen molar-refractivity contribution in [3.8, 4) is 11.6 Å². The van der Waals surface area contributed by atoms with E-state index in [0.717, 1.165) is 16.8 Å². The molecule has 0 N–H and O–H groups in total. The summed E-state index contributed by atoms with van der Waals surface area (Å²) in [5.41, 5.74) is 3.31. The van der Waals surface area contributed by atoms with Gasteiger partial charge in [-0.25, -0.2) is 4.68 Å². The first kappa shape index (κ1) is 15.5. The first-order valence-corrected chi connectivity index (χ1v) is 7.49. The maximum atomic E-state index is 11.1. The number of nitro benzene ring substituents is 1. The van der Waals surface area contributed by atoms with Crippen LogP contribution in [0.1, 0.15) is 22.4 Å². The minimum atomic E-state index is -0.401. The fraction of sp³-hybridized carbons (Fsp3) is 0.357. The van der Waals surface area contributed by atoms with E-state index < -0.39 is 4.92 Å². The van der Waals surface area contributed by atoms with Gasteiger partial charge in [0.1, 0.15) is 5.75 Å². The molecule has 1 aromatic carbocycles. The van der Waals surface area contributed by atoms with Gasteiger partial charge < -0.3 is 4.74 Å². The molecule has 0 radical (unpaired) electrons. The Bertz CT molecular complexity index is 710. The highest BCUT2D eigenvalue weighted by Gasteiger charge is 2.19. The standard InChI is InChI=1S/C14H16BrN3O3/c1-8-5-9(2)13(6-12(8)18(19)20)21-14-11(7-15)10(3)16-17(14)4/h5-6H,7H2,1-4H3. The Balaban J connectivity index is 2.49. The average Bonchev–Trinajstić information content (AvgIpc) is 2.66. The van der Waals surface area contributed by atoms with Crippen molar-refractivity contribution < 1.29 is 9.66 Å². The molecule has 0 bridgehead atoms. The van der Waals surface area contributed by atoms with Gasteiger partial charge in [0.25, 0.3) is 5.69 Å². The lowest BCUT2D eigenvalue weighted by Crippen LogP contribution is -2.00. The number of ether oxygens (including phenoxy) is 1. The molecule has 112 valence electrons. The molecule has 6 nitrogen and oxygen atoms in total. The highest BCUT2D eigenvalue weighted by molar-refractivity contribution is 9.08. The van der Waals surface area contributed by atoms with Gasteiger partial charge in [-0.3, -0.25) is 10.1 Å². The molecular formula is C14H16BrN3O3. The number of rotatable bonds is 4. The predicted molar refractivity (Wildman–Crippen MR) is 83.2 cm³/mol. The molecule has 0 aliphatic heterocycles. The summed E-state index contributed by atoms with van der Waals surface area (Å²) in [6, 6.07) is 3.22. The fourth-order valence-corrected chi connectivity index (χ4v) is 2.84. The van der Waals surface area contributed by atoms with Crippen LogP contribution in [0.25, 0.3) is 0 Å². The van der Waals surface area contributed by atoms with Crippen molar-refractivity contribution in [2.45, 2.75) is 26.1 Å². The zero-order valence-corrected chi connectivity index (χ0v) is 13.9. The van der Waals surface area contributed by atoms with Gasteiger partial charge in [-0.1, -0.05) is 15.9 Å². The number of hydrogen-bond acceptors (Lipinski definition) is 4. The molecular weight excluding hydrogens is 338 g/mol. The van der Waals surface area contributed by atoms with Crippen LogP contribution in [-0.2, 0) is 12.4 Å². The summed E-state index contributed by atoms with van der Waals surface area (Å²) in [5, 5.41) is 16.0. The Labute approximate surface area is 131 Å². The number of benzene rings is 1. The van der Waals surface area contributed by atoms with Crippen molar-refractivity contribution in [3.05, 3.63) is 44.6 Å². The van der Waals surface area contributed by atoms with E-state index in [2.05, 4.69) is 21.0 Å². The summed E-state index contributed by atoms with van der Waals surface area (Å²) in [4.78, 5) is 10.7. The van der Waals surface area contributed by atoms with Crippen LogP contribution in [0.4, 0.5) is 5.69 Å². The van der Waals surface area contributed by atoms with E-state index in [-0.39, 0.29) is 5.69 Å². The minimum Gasteiger partial charge on any atom is -0.438 e. The first-order chi connectivity index (χ1) is 9.85. The number of nitro groups is 1. The average molecular weight is 354 g/mol. The lowest BCUT2D eigenvalue weighted by molar-refractivity contribution is -0.385. The molecule has 0 aliphatic rings. The van der Waals surface area contributed by atoms with E-state index in [0.29, 0.717) is 22.5 Å². The molecule has 0 saturated heterocycles. The summed E-state index contributed by atoms with van der Waals surface area (Å²) >= 11 is 3.41. The van der Waals surface area contributed by atoms with Crippen LogP contribution in [-0.4, -0.2) is 14.7 Å². The summed E-state index contributed by atoms with van der Waals surface area (Å²) in [5.74, 6) is 1.06. The number of alkyl halides is 1. The number of nitrogens with zero attached hydrogens (tertiary/aromatic N) is 3. The molecule has 0 aliphatic carbocycles. The maximum Gasteiger partial charge on any atom is 0.276 e. The van der Waals surface area contributed by atoms with E-state index in [1.807, 2.05) is 13.8 Å². The van der Waals surface area contributed by atoms with Gasteiger partial charge in [0, 0.05) is 23.5 Å². The third-order valence-electron chi connectivity index (χ3n) is 3.32. The van der Waals surface area contributed by atoms with Crippen LogP contribution < -0.4 is 4.74 Å². The van der Waals surface area contributed by atoms with E-state index in [1.54, 1.807) is 24.7 Å². The van der Waals surface area contributed by atoms with Gasteiger partial charge in [-0.05, 0) is 32.4 Å². The normalized spacial score (nSPS) is 10.7. The summed E-state index contributed by atoms with van der Waals surface area (Å²) in [6.45, 7) is 5.48. The Morgan fingerprint density at radius 2 is 2.00 bits per heavy atom. The van der Waals surface area contributed by atoms with Crippen molar-refractivity contribution in [2.24, 2.45) is 7.05 Å². The lowest BCUT2D eigenvalue weighted by atomic mass is 10.1. The van der Waals surface area contributed by atoms with Crippen LogP contribution in [0, 0.1) is 30.9 Å². The van der Waals surface area contributed by atoms with Gasteiger partial charge in [-0.2, -0.15) is 5.10 Å². The van der Waals surface area contributed by atoms with Gasteiger partial charge >= 0.3 is 0 Å². The summed E-state index contributed by atoms with van der Waals surface area (Å²) in [7, 11) is 1.78. The molecule has 0 saturated carbocycles. The van der Waals surface area contributed by atoms with Gasteiger partial charge in [0.05, 0.1) is 16.7 Å². The first-order valence-electron chi connectivity index (χ1n) is 6.37. The number of aryl methyl sites for hydroxylation is 4. The Kier molecular flexibility index (Phi) is 4.32. The zero-order chi connectivity index (χ0) is 15.7. The largest absolute Gasteiger partial charge is 0.438 e. The number of aromatic nitrogens is 2. The van der Waals surface area contributed by atoms with Gasteiger partial charge in [-0.15, -0.1) is 0 Å². The third-order valence-corrected chi connectivity index (χ3v) is 3.88. The molecule has 0 spiro atoms. The SMILES string of the molecule is Cc1cc(C)c([N+](=O)[O-])cc1Oc1c(CBr)c(C)nn1C. The molecule has 0 fully saturated rings. The summed E-state index contributed by atoms with van der Waals surface area (Å²) < 4.78 is 7.53. The van der Waals surface area contributed by atoms with E-state index in [1.165, 1.54) is 6.07 Å². The van der Waals surface area contributed by atoms with Crippen LogP contribution in [0.3, 0.4) is 0 Å². The second kappa shape index (κ2) is 5.85. The second-order valence-electron chi connectivity index (χ2n) is 4.89. The minimum absolute atomic E-state index is 0.0508. The molecule has 2 aromatic rings. The number of halogens is 1. The van der Waals surface area contributed by atoms with Crippen molar-refractivity contribution in [1.29, 1.82) is 0 Å². The van der Waals surface area contributed by atoms with Crippen LogP contribution in [0.15, 0.2) is 12.1 Å². The smallest absolute Gasteiger partial charge is 0.276 e. The topological polar surface area (TPSA) is 70.2 Å². The van der Waals surface area contributed by atoms with Crippen molar-refractivity contribution in [1.82, 2.24) is 9.78 Å².